The molecule has 1 aliphatic rings. The van der Waals surface area contributed by atoms with E-state index in [1.165, 1.54) is 0 Å². The predicted octanol–water partition coefficient (Wildman–Crippen LogP) is 4.07. The van der Waals surface area contributed by atoms with Crippen molar-refractivity contribution < 1.29 is 4.79 Å². The minimum absolute atomic E-state index is 0.0733. The van der Waals surface area contributed by atoms with Crippen molar-refractivity contribution in [2.75, 3.05) is 38.5 Å². The molecule has 8 heteroatoms. The van der Waals surface area contributed by atoms with Gasteiger partial charge in [0.1, 0.15) is 5.52 Å². The van der Waals surface area contributed by atoms with E-state index in [1.807, 2.05) is 53.7 Å². The Hall–Kier alpha value is -3.78. The van der Waals surface area contributed by atoms with E-state index in [2.05, 4.69) is 52.8 Å². The third-order valence-electron chi connectivity index (χ3n) is 6.46. The summed E-state index contributed by atoms with van der Waals surface area (Å²) in [7, 11) is 2.08. The molecule has 2 aromatic heterocycles. The number of rotatable bonds is 6. The Morgan fingerprint density at radius 3 is 2.37 bits per heavy atom. The summed E-state index contributed by atoms with van der Waals surface area (Å²) in [5.41, 5.74) is 4.25. The minimum Gasteiger partial charge on any atom is -0.364 e. The van der Waals surface area contributed by atoms with Gasteiger partial charge in [-0.2, -0.15) is 0 Å². The fraction of sp³-hybridized carbons (Fsp3) is 0.333. The van der Waals surface area contributed by atoms with Crippen molar-refractivity contribution in [3.63, 3.8) is 0 Å². The molecule has 1 fully saturated rings. The molecule has 5 rings (SSSR count). The average molecular weight is 470 g/mol. The molecule has 0 aliphatic carbocycles. The van der Waals surface area contributed by atoms with Crippen LogP contribution in [-0.4, -0.2) is 68.5 Å². The van der Waals surface area contributed by atoms with Crippen LogP contribution < -0.4 is 5.32 Å². The largest absolute Gasteiger partial charge is 0.364 e. The number of hydrogen-bond acceptors (Lipinski definition) is 6. The maximum absolute atomic E-state index is 12.9. The number of piperazine rings is 1. The number of benzene rings is 2. The van der Waals surface area contributed by atoms with E-state index in [0.717, 1.165) is 48.5 Å². The quantitative estimate of drug-likeness (QED) is 0.459. The van der Waals surface area contributed by atoms with Crippen LogP contribution in [0.15, 0.2) is 60.9 Å². The van der Waals surface area contributed by atoms with Gasteiger partial charge in [-0.1, -0.05) is 42.5 Å². The molecule has 1 saturated heterocycles. The van der Waals surface area contributed by atoms with Gasteiger partial charge in [-0.15, -0.1) is 0 Å². The number of fused-ring (bicyclic) bond motifs is 1. The van der Waals surface area contributed by atoms with Crippen molar-refractivity contribution in [2.45, 2.75) is 26.4 Å². The van der Waals surface area contributed by atoms with Gasteiger partial charge in [0.05, 0.1) is 6.33 Å². The van der Waals surface area contributed by atoms with Crippen LogP contribution in [0.25, 0.3) is 22.6 Å². The summed E-state index contributed by atoms with van der Waals surface area (Å²) >= 11 is 0. The van der Waals surface area contributed by atoms with Crippen molar-refractivity contribution >= 4 is 22.9 Å². The second-order valence-electron chi connectivity index (χ2n) is 9.33. The van der Waals surface area contributed by atoms with Crippen LogP contribution in [0.3, 0.4) is 0 Å². The fourth-order valence-corrected chi connectivity index (χ4v) is 4.28. The molecule has 0 spiro atoms. The Kier molecular flexibility index (Phi) is 6.46. The Bertz CT molecular complexity index is 1310. The zero-order valence-corrected chi connectivity index (χ0v) is 20.5. The Balaban J connectivity index is 1.45. The predicted molar refractivity (Wildman–Crippen MR) is 138 cm³/mol. The maximum atomic E-state index is 12.9. The molecule has 8 nitrogen and oxygen atoms in total. The first-order chi connectivity index (χ1) is 17.0. The topological polar surface area (TPSA) is 79.2 Å². The Morgan fingerprint density at radius 2 is 1.69 bits per heavy atom. The second kappa shape index (κ2) is 9.84. The first kappa shape index (κ1) is 23.0. The molecule has 1 N–H and O–H groups in total. The lowest BCUT2D eigenvalue weighted by molar-refractivity contribution is 0.0664. The Morgan fingerprint density at radius 1 is 0.971 bits per heavy atom. The molecular formula is C27H31N7O. The highest BCUT2D eigenvalue weighted by Crippen LogP contribution is 2.27. The van der Waals surface area contributed by atoms with Crippen molar-refractivity contribution in [1.29, 1.82) is 0 Å². The highest BCUT2D eigenvalue weighted by atomic mass is 16.2. The SMILES string of the molecule is CC(C)n1cnc2c(NCc3ccccc3)nc(-c3ccc(C(=O)N4CCN(C)CC4)cc3)nc21. The molecule has 180 valence electrons. The van der Waals surface area contributed by atoms with Crippen LogP contribution in [0.4, 0.5) is 5.82 Å². The molecule has 0 unspecified atom stereocenters. The lowest BCUT2D eigenvalue weighted by atomic mass is 10.1. The standard InChI is InChI=1S/C27H31N7O/c1-19(2)34-18-29-23-25(28-17-20-7-5-4-6-8-20)30-24(31-26(23)34)21-9-11-22(12-10-21)27(35)33-15-13-32(3)14-16-33/h4-12,18-19H,13-17H2,1-3H3,(H,28,30,31). The van der Waals surface area contributed by atoms with Crippen LogP contribution in [0.5, 0.6) is 0 Å². The van der Waals surface area contributed by atoms with Gasteiger partial charge in [0, 0.05) is 49.9 Å². The van der Waals surface area contributed by atoms with E-state index in [-0.39, 0.29) is 11.9 Å². The van der Waals surface area contributed by atoms with Crippen LogP contribution in [0.1, 0.15) is 35.8 Å². The van der Waals surface area contributed by atoms with Crippen LogP contribution >= 0.6 is 0 Å². The molecule has 35 heavy (non-hydrogen) atoms. The normalized spacial score (nSPS) is 14.6. The smallest absolute Gasteiger partial charge is 0.253 e. The molecule has 4 aromatic rings. The summed E-state index contributed by atoms with van der Waals surface area (Å²) in [4.78, 5) is 31.4. The minimum atomic E-state index is 0.0733. The number of nitrogens with zero attached hydrogens (tertiary/aromatic N) is 6. The van der Waals surface area contributed by atoms with Gasteiger partial charge in [-0.25, -0.2) is 15.0 Å². The zero-order valence-electron chi connectivity index (χ0n) is 20.5. The number of carbonyl (C=O) groups is 1. The Labute approximate surface area is 205 Å². The van der Waals surface area contributed by atoms with Gasteiger partial charge in [0.15, 0.2) is 17.3 Å². The van der Waals surface area contributed by atoms with Gasteiger partial charge in [-0.05, 0) is 38.6 Å². The zero-order chi connectivity index (χ0) is 24.4. The summed E-state index contributed by atoms with van der Waals surface area (Å²) in [5.74, 6) is 1.38. The van der Waals surface area contributed by atoms with Crippen molar-refractivity contribution in [3.8, 4) is 11.4 Å². The van der Waals surface area contributed by atoms with Crippen LogP contribution in [-0.2, 0) is 6.54 Å². The number of aromatic nitrogens is 4. The molecule has 0 bridgehead atoms. The number of nitrogens with one attached hydrogen (secondary N) is 1. The molecule has 0 atom stereocenters. The monoisotopic (exact) mass is 469 g/mol. The molecule has 1 aliphatic heterocycles. The van der Waals surface area contributed by atoms with Gasteiger partial charge in [0.25, 0.3) is 5.91 Å². The lowest BCUT2D eigenvalue weighted by Gasteiger charge is -2.32. The summed E-state index contributed by atoms with van der Waals surface area (Å²) in [6.45, 7) is 8.18. The third kappa shape index (κ3) is 4.88. The van der Waals surface area contributed by atoms with E-state index in [9.17, 15) is 4.79 Å². The molecule has 2 aromatic carbocycles. The van der Waals surface area contributed by atoms with Crippen LogP contribution in [0, 0.1) is 0 Å². The lowest BCUT2D eigenvalue weighted by Crippen LogP contribution is -2.47. The van der Waals surface area contributed by atoms with E-state index < -0.39 is 0 Å². The van der Waals surface area contributed by atoms with Gasteiger partial charge < -0.3 is 19.7 Å². The first-order valence-electron chi connectivity index (χ1n) is 12.1. The number of likely N-dealkylation sites (N-methyl/N-ethyl adjacent to an activating group) is 1. The molecule has 0 saturated carbocycles. The summed E-state index contributed by atoms with van der Waals surface area (Å²) in [6, 6.07) is 18.0. The van der Waals surface area contributed by atoms with Crippen LogP contribution in [0.2, 0.25) is 0 Å². The number of anilines is 1. The second-order valence-corrected chi connectivity index (χ2v) is 9.33. The van der Waals surface area contributed by atoms with Crippen molar-refractivity contribution in [1.82, 2.24) is 29.3 Å². The van der Waals surface area contributed by atoms with Gasteiger partial charge >= 0.3 is 0 Å². The summed E-state index contributed by atoms with van der Waals surface area (Å²) < 4.78 is 2.06. The van der Waals surface area contributed by atoms with Gasteiger partial charge in [-0.3, -0.25) is 4.79 Å². The van der Waals surface area contributed by atoms with Gasteiger partial charge in [0.2, 0.25) is 0 Å². The van der Waals surface area contributed by atoms with E-state index in [0.29, 0.717) is 23.8 Å². The number of hydrogen-bond donors (Lipinski definition) is 1. The first-order valence-corrected chi connectivity index (χ1v) is 12.1. The average Bonchev–Trinajstić information content (AvgIpc) is 3.33. The highest BCUT2D eigenvalue weighted by Gasteiger charge is 2.21. The van der Waals surface area contributed by atoms with Crippen molar-refractivity contribution in [2.24, 2.45) is 0 Å². The van der Waals surface area contributed by atoms with Crippen molar-refractivity contribution in [3.05, 3.63) is 72.1 Å². The number of imidazole rings is 1. The summed E-state index contributed by atoms with van der Waals surface area (Å²) in [5, 5.41) is 3.45. The molecule has 0 radical (unpaired) electrons. The summed E-state index contributed by atoms with van der Waals surface area (Å²) in [6.07, 6.45) is 1.82. The molecule has 1 amide bonds. The number of amides is 1. The molecular weight excluding hydrogens is 438 g/mol. The fourth-order valence-electron chi connectivity index (χ4n) is 4.28. The van der Waals surface area contributed by atoms with E-state index >= 15 is 0 Å². The highest BCUT2D eigenvalue weighted by molar-refractivity contribution is 5.95. The van der Waals surface area contributed by atoms with E-state index in [4.69, 9.17) is 9.97 Å². The van der Waals surface area contributed by atoms with E-state index in [1.54, 1.807) is 0 Å². The molecule has 3 heterocycles. The number of carbonyl (C=O) groups excluding carboxylic acids is 1. The maximum Gasteiger partial charge on any atom is 0.253 e. The third-order valence-corrected chi connectivity index (χ3v) is 6.46.